The van der Waals surface area contributed by atoms with Gasteiger partial charge in [-0.3, -0.25) is 0 Å². The standard InChI is InChI=1S/C38H66N/c1-30(2)16-23-37(24-17-31(3)4,25-18-32(5)6)39(15,29-22-36(13)14)38(26-19-33(7)8,27-20-34(9)10)28-21-35(11)12/h16-22H,23-29H2,1-15H3/q+1. The van der Waals surface area contributed by atoms with E-state index in [0.717, 1.165) is 49.6 Å². The summed E-state index contributed by atoms with van der Waals surface area (Å²) in [6, 6.07) is 0. The minimum absolute atomic E-state index is 0.0121. The van der Waals surface area contributed by atoms with Gasteiger partial charge >= 0.3 is 0 Å². The predicted molar refractivity (Wildman–Crippen MR) is 180 cm³/mol. The van der Waals surface area contributed by atoms with Crippen LogP contribution in [0.2, 0.25) is 0 Å². The lowest BCUT2D eigenvalue weighted by Gasteiger charge is -2.61. The second-order valence-electron chi connectivity index (χ2n) is 14.0. The van der Waals surface area contributed by atoms with Crippen molar-refractivity contribution < 1.29 is 4.48 Å². The zero-order valence-corrected chi connectivity index (χ0v) is 28.9. The fourth-order valence-corrected chi connectivity index (χ4v) is 5.33. The number of likely N-dealkylation sites (N-methyl/N-ethyl adjacent to an activating group) is 1. The van der Waals surface area contributed by atoms with Gasteiger partial charge in [-0.1, -0.05) is 75.5 Å². The molecule has 0 saturated heterocycles. The van der Waals surface area contributed by atoms with Crippen LogP contribution in [0.3, 0.4) is 0 Å². The van der Waals surface area contributed by atoms with E-state index in [1.54, 1.807) is 0 Å². The van der Waals surface area contributed by atoms with Crippen molar-refractivity contribution in [2.24, 2.45) is 0 Å². The van der Waals surface area contributed by atoms with Crippen molar-refractivity contribution in [1.82, 2.24) is 0 Å². The van der Waals surface area contributed by atoms with Crippen LogP contribution in [-0.4, -0.2) is 29.2 Å². The Balaban J connectivity index is 8.13. The van der Waals surface area contributed by atoms with Crippen LogP contribution in [0.4, 0.5) is 0 Å². The highest BCUT2D eigenvalue weighted by Crippen LogP contribution is 2.48. The van der Waals surface area contributed by atoms with E-state index >= 15 is 0 Å². The molecule has 0 saturated carbocycles. The van der Waals surface area contributed by atoms with Crippen molar-refractivity contribution in [3.8, 4) is 0 Å². The Morgan fingerprint density at radius 1 is 0.359 bits per heavy atom. The van der Waals surface area contributed by atoms with E-state index in [4.69, 9.17) is 0 Å². The van der Waals surface area contributed by atoms with Crippen molar-refractivity contribution in [1.29, 1.82) is 0 Å². The molecule has 0 fully saturated rings. The van der Waals surface area contributed by atoms with Gasteiger partial charge in [-0.25, -0.2) is 0 Å². The third-order valence-electron chi connectivity index (χ3n) is 8.30. The van der Waals surface area contributed by atoms with Crippen molar-refractivity contribution >= 4 is 0 Å². The van der Waals surface area contributed by atoms with Gasteiger partial charge in [0.05, 0.1) is 13.6 Å². The largest absolute Gasteiger partial charge is 0.312 e. The first-order valence-electron chi connectivity index (χ1n) is 15.2. The smallest absolute Gasteiger partial charge is 0.110 e. The highest BCUT2D eigenvalue weighted by atomic mass is 15.4. The molecule has 0 atom stereocenters. The maximum absolute atomic E-state index is 2.60. The first-order valence-corrected chi connectivity index (χ1v) is 15.2. The molecule has 0 aromatic heterocycles. The van der Waals surface area contributed by atoms with Gasteiger partial charge in [-0.2, -0.15) is 0 Å². The fourth-order valence-electron chi connectivity index (χ4n) is 5.33. The molecule has 0 spiro atoms. The molecular formula is C38H66N+. The Hall–Kier alpha value is -1.86. The molecule has 1 heteroatoms. The van der Waals surface area contributed by atoms with Crippen LogP contribution in [0.5, 0.6) is 0 Å². The van der Waals surface area contributed by atoms with Crippen LogP contribution in [-0.2, 0) is 0 Å². The lowest BCUT2D eigenvalue weighted by Crippen LogP contribution is -2.72. The number of rotatable bonds is 16. The van der Waals surface area contributed by atoms with E-state index in [1.807, 2.05) is 0 Å². The number of hydrogen-bond donors (Lipinski definition) is 0. The fraction of sp³-hybridized carbons (Fsp3) is 0.632. The summed E-state index contributed by atoms with van der Waals surface area (Å²) in [4.78, 5) is 0. The first kappa shape index (κ1) is 37.1. The van der Waals surface area contributed by atoms with Crippen LogP contribution in [0, 0.1) is 0 Å². The molecule has 0 radical (unpaired) electrons. The summed E-state index contributed by atoms with van der Waals surface area (Å²) in [5.74, 6) is 0. The van der Waals surface area contributed by atoms with Gasteiger partial charge in [0.1, 0.15) is 11.1 Å². The second kappa shape index (κ2) is 17.1. The van der Waals surface area contributed by atoms with Crippen molar-refractivity contribution in [3.05, 3.63) is 81.5 Å². The Bertz CT molecular complexity index is 789. The molecular weight excluding hydrogens is 470 g/mol. The molecule has 0 aliphatic heterocycles. The number of hydrogen-bond acceptors (Lipinski definition) is 0. The Morgan fingerprint density at radius 2 is 0.538 bits per heavy atom. The first-order chi connectivity index (χ1) is 17.9. The van der Waals surface area contributed by atoms with Gasteiger partial charge in [0, 0.05) is 38.5 Å². The van der Waals surface area contributed by atoms with E-state index in [1.165, 1.54) is 39.0 Å². The van der Waals surface area contributed by atoms with Gasteiger partial charge in [0.25, 0.3) is 0 Å². The quantitative estimate of drug-likeness (QED) is 0.136. The molecule has 0 amide bonds. The van der Waals surface area contributed by atoms with E-state index in [0.29, 0.717) is 0 Å². The summed E-state index contributed by atoms with van der Waals surface area (Å²) >= 11 is 0. The number of allylic oxidation sites excluding steroid dienone is 7. The van der Waals surface area contributed by atoms with E-state index in [-0.39, 0.29) is 11.1 Å². The van der Waals surface area contributed by atoms with Crippen molar-refractivity contribution in [2.75, 3.05) is 13.6 Å². The molecule has 1 nitrogen and oxygen atoms in total. The minimum Gasteiger partial charge on any atom is -0.312 e. The molecule has 0 aromatic rings. The topological polar surface area (TPSA) is 0 Å². The van der Waals surface area contributed by atoms with Crippen LogP contribution >= 0.6 is 0 Å². The van der Waals surface area contributed by atoms with Crippen LogP contribution in [0.25, 0.3) is 0 Å². The molecule has 0 rings (SSSR count). The summed E-state index contributed by atoms with van der Waals surface area (Å²) in [6.07, 6.45) is 24.0. The van der Waals surface area contributed by atoms with Crippen LogP contribution in [0.15, 0.2) is 81.5 Å². The van der Waals surface area contributed by atoms with Crippen molar-refractivity contribution in [2.45, 2.75) is 147 Å². The van der Waals surface area contributed by atoms with E-state index < -0.39 is 0 Å². The zero-order chi connectivity index (χ0) is 30.4. The SMILES string of the molecule is CC(C)=CCC(CC=C(C)C)(CC=C(C)C)[N+](C)(CC=C(C)C)C(CC=C(C)C)(CC=C(C)C)CC=C(C)C. The van der Waals surface area contributed by atoms with Crippen molar-refractivity contribution in [3.63, 3.8) is 0 Å². The van der Waals surface area contributed by atoms with Gasteiger partial charge in [-0.05, 0) is 103 Å². The highest BCUT2D eigenvalue weighted by molar-refractivity contribution is 5.15. The van der Waals surface area contributed by atoms with Gasteiger partial charge in [-0.15, -0.1) is 0 Å². The molecule has 0 unspecified atom stereocenters. The van der Waals surface area contributed by atoms with Crippen LogP contribution < -0.4 is 0 Å². The molecule has 0 aromatic carbocycles. The summed E-state index contributed by atoms with van der Waals surface area (Å²) in [5, 5.41) is 0. The molecule has 222 valence electrons. The molecule has 0 heterocycles. The summed E-state index contributed by atoms with van der Waals surface area (Å²) < 4.78 is 1.000. The number of quaternary nitrogens is 1. The maximum atomic E-state index is 2.60. The molecule has 0 aliphatic carbocycles. The molecule has 39 heavy (non-hydrogen) atoms. The maximum Gasteiger partial charge on any atom is 0.110 e. The second-order valence-corrected chi connectivity index (χ2v) is 14.0. The third-order valence-corrected chi connectivity index (χ3v) is 8.30. The highest BCUT2D eigenvalue weighted by Gasteiger charge is 2.56. The summed E-state index contributed by atoms with van der Waals surface area (Å²) in [6.45, 7) is 32.7. The lowest BCUT2D eigenvalue weighted by atomic mass is 9.72. The van der Waals surface area contributed by atoms with Crippen LogP contribution in [0.1, 0.15) is 135 Å². The predicted octanol–water partition coefficient (Wildman–Crippen LogP) is 12.0. The average Bonchev–Trinajstić information content (AvgIpc) is 2.81. The Labute approximate surface area is 245 Å². The number of nitrogens with zero attached hydrogens (tertiary/aromatic N) is 1. The van der Waals surface area contributed by atoms with Gasteiger partial charge < -0.3 is 4.48 Å². The Kier molecular flexibility index (Phi) is 16.2. The monoisotopic (exact) mass is 537 g/mol. The molecule has 0 bridgehead atoms. The molecule has 0 aliphatic rings. The normalized spacial score (nSPS) is 11.7. The van der Waals surface area contributed by atoms with E-state index in [2.05, 4.69) is 147 Å². The lowest BCUT2D eigenvalue weighted by molar-refractivity contribution is -0.999. The average molecular weight is 537 g/mol. The van der Waals surface area contributed by atoms with Gasteiger partial charge in [0.15, 0.2) is 0 Å². The van der Waals surface area contributed by atoms with E-state index in [9.17, 15) is 0 Å². The minimum atomic E-state index is 0.0121. The summed E-state index contributed by atoms with van der Waals surface area (Å²) in [7, 11) is 2.60. The Morgan fingerprint density at radius 3 is 0.692 bits per heavy atom. The zero-order valence-electron chi connectivity index (χ0n) is 28.9. The summed E-state index contributed by atoms with van der Waals surface area (Å²) in [5.41, 5.74) is 9.88. The molecule has 0 N–H and O–H groups in total. The van der Waals surface area contributed by atoms with Gasteiger partial charge in [0.2, 0.25) is 0 Å². The third kappa shape index (κ3) is 12.5.